The monoisotopic (exact) mass is 334 g/mol. The lowest BCUT2D eigenvalue weighted by Crippen LogP contribution is -2.45. The molecule has 1 unspecified atom stereocenters. The second-order valence-corrected chi connectivity index (χ2v) is 6.38. The Kier molecular flexibility index (Phi) is 7.53. The van der Waals surface area contributed by atoms with E-state index < -0.39 is 6.10 Å². The Morgan fingerprint density at radius 3 is 2.79 bits per heavy atom. The van der Waals surface area contributed by atoms with Crippen LogP contribution >= 0.6 is 0 Å². The van der Waals surface area contributed by atoms with Crippen LogP contribution in [0, 0.1) is 5.92 Å². The number of hydrogen-bond donors (Lipinski definition) is 1. The Hall–Kier alpha value is -1.59. The van der Waals surface area contributed by atoms with Gasteiger partial charge in [0.2, 0.25) is 0 Å². The van der Waals surface area contributed by atoms with Gasteiger partial charge in [0.05, 0.1) is 13.7 Å². The summed E-state index contributed by atoms with van der Waals surface area (Å²) in [5.41, 5.74) is 1.01. The Labute approximate surface area is 145 Å². The number of nitrogens with one attached hydrogen (secondary N) is 1. The third-order valence-electron chi connectivity index (χ3n) is 4.59. The largest absolute Gasteiger partial charge is 0.497 e. The third-order valence-corrected chi connectivity index (χ3v) is 4.59. The first-order valence-corrected chi connectivity index (χ1v) is 8.88. The summed E-state index contributed by atoms with van der Waals surface area (Å²) in [5, 5.41) is 3.39. The number of carbonyl (C=O) groups is 1. The van der Waals surface area contributed by atoms with Gasteiger partial charge in [-0.3, -0.25) is 4.79 Å². The van der Waals surface area contributed by atoms with E-state index in [9.17, 15) is 4.79 Å². The average molecular weight is 334 g/mol. The van der Waals surface area contributed by atoms with Gasteiger partial charge < -0.3 is 19.7 Å². The summed E-state index contributed by atoms with van der Waals surface area (Å²) >= 11 is 0. The van der Waals surface area contributed by atoms with Gasteiger partial charge >= 0.3 is 0 Å². The second-order valence-electron chi connectivity index (χ2n) is 6.38. The van der Waals surface area contributed by atoms with Gasteiger partial charge in [0.25, 0.3) is 5.91 Å². The molecule has 5 heteroatoms. The summed E-state index contributed by atoms with van der Waals surface area (Å²) in [6.45, 7) is 8.12. The summed E-state index contributed by atoms with van der Waals surface area (Å²) in [6.07, 6.45) is 1.73. The highest BCUT2D eigenvalue weighted by Gasteiger charge is 2.26. The number of amides is 1. The van der Waals surface area contributed by atoms with Crippen molar-refractivity contribution in [2.45, 2.75) is 39.4 Å². The lowest BCUT2D eigenvalue weighted by Gasteiger charge is -2.33. The Morgan fingerprint density at radius 2 is 2.12 bits per heavy atom. The van der Waals surface area contributed by atoms with E-state index in [2.05, 4.69) is 12.2 Å². The number of carbonyl (C=O) groups excluding carboxylic acids is 1. The predicted molar refractivity (Wildman–Crippen MR) is 95.1 cm³/mol. The minimum absolute atomic E-state index is 0.0970. The Morgan fingerprint density at radius 1 is 1.38 bits per heavy atom. The molecule has 1 amide bonds. The number of rotatable bonds is 8. The number of ether oxygens (including phenoxy) is 2. The van der Waals surface area contributed by atoms with Crippen molar-refractivity contribution in [1.29, 1.82) is 0 Å². The molecule has 5 nitrogen and oxygen atoms in total. The molecule has 0 saturated carbocycles. The summed E-state index contributed by atoms with van der Waals surface area (Å²) in [6, 6.07) is 7.74. The highest BCUT2D eigenvalue weighted by molar-refractivity contribution is 5.80. The van der Waals surface area contributed by atoms with E-state index >= 15 is 0 Å². The van der Waals surface area contributed by atoms with Crippen LogP contribution in [0.5, 0.6) is 5.75 Å². The van der Waals surface area contributed by atoms with Crippen molar-refractivity contribution in [3.63, 3.8) is 0 Å². The van der Waals surface area contributed by atoms with Crippen LogP contribution in [0.1, 0.15) is 32.3 Å². The molecule has 0 spiro atoms. The van der Waals surface area contributed by atoms with E-state index in [4.69, 9.17) is 9.47 Å². The quantitative estimate of drug-likeness (QED) is 0.793. The minimum Gasteiger partial charge on any atom is -0.497 e. The predicted octanol–water partition coefficient (Wildman–Crippen LogP) is 2.45. The fourth-order valence-corrected chi connectivity index (χ4v) is 3.02. The molecule has 1 atom stereocenters. The van der Waals surface area contributed by atoms with Crippen molar-refractivity contribution in [2.24, 2.45) is 5.92 Å². The zero-order chi connectivity index (χ0) is 17.4. The number of hydrogen-bond acceptors (Lipinski definition) is 4. The molecule has 134 valence electrons. The number of likely N-dealkylation sites (tertiary alicyclic amines) is 1. The molecule has 1 aromatic carbocycles. The van der Waals surface area contributed by atoms with Gasteiger partial charge in [0.1, 0.15) is 11.9 Å². The molecule has 1 heterocycles. The van der Waals surface area contributed by atoms with Gasteiger partial charge in [-0.05, 0) is 56.5 Å². The molecule has 1 saturated heterocycles. The molecule has 0 bridgehead atoms. The number of piperidine rings is 1. The van der Waals surface area contributed by atoms with Crippen LogP contribution in [0.25, 0.3) is 0 Å². The average Bonchev–Trinajstić information content (AvgIpc) is 2.64. The minimum atomic E-state index is -0.415. The van der Waals surface area contributed by atoms with Gasteiger partial charge in [-0.2, -0.15) is 0 Å². The first kappa shape index (κ1) is 18.7. The van der Waals surface area contributed by atoms with Crippen LogP contribution in [0.2, 0.25) is 0 Å². The lowest BCUT2D eigenvalue weighted by molar-refractivity contribution is -0.144. The maximum Gasteiger partial charge on any atom is 0.251 e. The lowest BCUT2D eigenvalue weighted by atomic mass is 9.96. The highest BCUT2D eigenvalue weighted by atomic mass is 16.5. The van der Waals surface area contributed by atoms with Gasteiger partial charge in [0, 0.05) is 13.1 Å². The van der Waals surface area contributed by atoms with Crippen molar-refractivity contribution in [3.05, 3.63) is 29.8 Å². The van der Waals surface area contributed by atoms with Gasteiger partial charge in [0.15, 0.2) is 0 Å². The summed E-state index contributed by atoms with van der Waals surface area (Å²) < 4.78 is 11.0. The first-order valence-electron chi connectivity index (χ1n) is 8.88. The van der Waals surface area contributed by atoms with Crippen molar-refractivity contribution >= 4 is 5.91 Å². The van der Waals surface area contributed by atoms with E-state index in [1.165, 1.54) is 0 Å². The fraction of sp³-hybridized carbons (Fsp3) is 0.632. The fourth-order valence-electron chi connectivity index (χ4n) is 3.02. The van der Waals surface area contributed by atoms with E-state index in [-0.39, 0.29) is 5.91 Å². The van der Waals surface area contributed by atoms with E-state index in [0.29, 0.717) is 12.5 Å². The smallest absolute Gasteiger partial charge is 0.251 e. The van der Waals surface area contributed by atoms with Crippen LogP contribution < -0.4 is 10.1 Å². The van der Waals surface area contributed by atoms with Crippen molar-refractivity contribution in [2.75, 3.05) is 33.3 Å². The van der Waals surface area contributed by atoms with Crippen molar-refractivity contribution in [3.8, 4) is 5.75 Å². The molecule has 24 heavy (non-hydrogen) atoms. The highest BCUT2D eigenvalue weighted by Crippen LogP contribution is 2.18. The molecule has 1 N–H and O–H groups in total. The van der Waals surface area contributed by atoms with Crippen LogP contribution in [0.15, 0.2) is 24.3 Å². The third kappa shape index (κ3) is 5.49. The molecule has 1 aliphatic rings. The van der Waals surface area contributed by atoms with Gasteiger partial charge in [-0.25, -0.2) is 0 Å². The first-order chi connectivity index (χ1) is 11.6. The SMILES string of the molecule is CCNCC1CCN(C(=O)C(C)OCc2cccc(OC)c2)CC1. The van der Waals surface area contributed by atoms with E-state index in [0.717, 1.165) is 50.3 Å². The van der Waals surface area contributed by atoms with Crippen LogP contribution in [-0.4, -0.2) is 50.2 Å². The molecule has 0 aliphatic carbocycles. The number of methoxy groups -OCH3 is 1. The normalized spacial score (nSPS) is 16.9. The maximum absolute atomic E-state index is 12.5. The maximum atomic E-state index is 12.5. The summed E-state index contributed by atoms with van der Waals surface area (Å²) in [7, 11) is 1.64. The summed E-state index contributed by atoms with van der Waals surface area (Å²) in [4.78, 5) is 14.5. The second kappa shape index (κ2) is 9.64. The molecular formula is C19H30N2O3. The summed E-state index contributed by atoms with van der Waals surface area (Å²) in [5.74, 6) is 1.58. The number of benzene rings is 1. The number of nitrogens with zero attached hydrogens (tertiary/aromatic N) is 1. The molecule has 1 aromatic rings. The van der Waals surface area contributed by atoms with Crippen molar-refractivity contribution in [1.82, 2.24) is 10.2 Å². The van der Waals surface area contributed by atoms with Crippen LogP contribution in [0.3, 0.4) is 0 Å². The zero-order valence-electron chi connectivity index (χ0n) is 15.1. The standard InChI is InChI=1S/C19H30N2O3/c1-4-20-13-16-8-10-21(11-9-16)19(22)15(2)24-14-17-6-5-7-18(12-17)23-3/h5-7,12,15-16,20H,4,8-11,13-14H2,1-3H3. The van der Waals surface area contributed by atoms with E-state index in [1.807, 2.05) is 36.1 Å². The van der Waals surface area contributed by atoms with Gasteiger partial charge in [-0.1, -0.05) is 19.1 Å². The molecule has 2 rings (SSSR count). The topological polar surface area (TPSA) is 50.8 Å². The molecule has 1 aliphatic heterocycles. The molecule has 0 aromatic heterocycles. The van der Waals surface area contributed by atoms with Gasteiger partial charge in [-0.15, -0.1) is 0 Å². The Balaban J connectivity index is 1.76. The van der Waals surface area contributed by atoms with E-state index in [1.54, 1.807) is 7.11 Å². The zero-order valence-corrected chi connectivity index (χ0v) is 15.1. The van der Waals surface area contributed by atoms with Crippen LogP contribution in [0.4, 0.5) is 0 Å². The molecular weight excluding hydrogens is 304 g/mol. The molecule has 1 fully saturated rings. The van der Waals surface area contributed by atoms with Crippen molar-refractivity contribution < 1.29 is 14.3 Å². The Bertz CT molecular complexity index is 513. The molecule has 0 radical (unpaired) electrons. The van der Waals surface area contributed by atoms with Crippen LogP contribution in [-0.2, 0) is 16.1 Å².